The molecule has 1 amide bonds. The number of ether oxygens (including phenoxy) is 1. The number of hydrogen-bond donors (Lipinski definition) is 2. The molecule has 0 atom stereocenters. The van der Waals surface area contributed by atoms with Crippen molar-refractivity contribution in [3.8, 4) is 5.75 Å². The molecule has 0 saturated carbocycles. The van der Waals surface area contributed by atoms with Crippen LogP contribution in [0.1, 0.15) is 10.4 Å². The summed E-state index contributed by atoms with van der Waals surface area (Å²) in [5.41, 5.74) is 2.50. The van der Waals surface area contributed by atoms with E-state index in [4.69, 9.17) is 16.3 Å². The summed E-state index contributed by atoms with van der Waals surface area (Å²) < 4.78 is 6.31. The van der Waals surface area contributed by atoms with Gasteiger partial charge in [-0.15, -0.1) is 0 Å². The van der Waals surface area contributed by atoms with Crippen molar-refractivity contribution in [2.75, 3.05) is 12.4 Å². The fourth-order valence-electron chi connectivity index (χ4n) is 2.88. The fourth-order valence-corrected chi connectivity index (χ4v) is 3.66. The molecule has 8 heteroatoms. The predicted octanol–water partition coefficient (Wildman–Crippen LogP) is 4.63. The van der Waals surface area contributed by atoms with Crippen LogP contribution >= 0.6 is 34.2 Å². The SMILES string of the molecule is COc1c(Cl)cc2c([nH]c3cnccc32)c1NC(=O)c1cncc(I)c1. The van der Waals surface area contributed by atoms with Gasteiger partial charge in [-0.2, -0.15) is 0 Å². The lowest BCUT2D eigenvalue weighted by Gasteiger charge is -2.13. The van der Waals surface area contributed by atoms with E-state index in [1.54, 1.807) is 24.7 Å². The minimum absolute atomic E-state index is 0.297. The van der Waals surface area contributed by atoms with E-state index in [1.807, 2.05) is 12.1 Å². The summed E-state index contributed by atoms with van der Waals surface area (Å²) in [5.74, 6) is 0.0975. The number of aromatic amines is 1. The molecule has 130 valence electrons. The number of nitrogens with one attached hydrogen (secondary N) is 2. The number of H-pyrrole nitrogens is 1. The molecule has 3 heterocycles. The van der Waals surface area contributed by atoms with Crippen molar-refractivity contribution < 1.29 is 9.53 Å². The summed E-state index contributed by atoms with van der Waals surface area (Å²) in [5, 5.41) is 5.16. The zero-order chi connectivity index (χ0) is 18.3. The number of pyridine rings is 2. The van der Waals surface area contributed by atoms with Gasteiger partial charge >= 0.3 is 0 Å². The van der Waals surface area contributed by atoms with Crippen LogP contribution in [-0.4, -0.2) is 28.0 Å². The summed E-state index contributed by atoms with van der Waals surface area (Å²) in [6.45, 7) is 0. The highest BCUT2D eigenvalue weighted by Crippen LogP contribution is 2.42. The second-order valence-corrected chi connectivity index (χ2v) is 7.23. The third-order valence-electron chi connectivity index (χ3n) is 4.02. The molecule has 6 nitrogen and oxygen atoms in total. The highest BCUT2D eigenvalue weighted by atomic mass is 127. The largest absolute Gasteiger partial charge is 0.493 e. The molecule has 2 N–H and O–H groups in total. The molecule has 1 aromatic carbocycles. The van der Waals surface area contributed by atoms with E-state index in [9.17, 15) is 4.79 Å². The molecule has 0 fully saturated rings. The van der Waals surface area contributed by atoms with Crippen LogP contribution in [0.15, 0.2) is 43.0 Å². The lowest BCUT2D eigenvalue weighted by molar-refractivity contribution is 0.102. The highest BCUT2D eigenvalue weighted by molar-refractivity contribution is 14.1. The van der Waals surface area contributed by atoms with Gasteiger partial charge in [-0.3, -0.25) is 14.8 Å². The van der Waals surface area contributed by atoms with Gasteiger partial charge in [0.1, 0.15) is 5.69 Å². The van der Waals surface area contributed by atoms with Crippen LogP contribution < -0.4 is 10.1 Å². The minimum Gasteiger partial charge on any atom is -0.493 e. The molecule has 0 saturated heterocycles. The second-order valence-electron chi connectivity index (χ2n) is 5.58. The van der Waals surface area contributed by atoms with Crippen LogP contribution in [0.25, 0.3) is 21.8 Å². The number of rotatable bonds is 3. The van der Waals surface area contributed by atoms with Gasteiger partial charge in [0.15, 0.2) is 5.75 Å². The first-order valence-corrected chi connectivity index (χ1v) is 9.08. The number of carbonyl (C=O) groups is 1. The summed E-state index contributed by atoms with van der Waals surface area (Å²) in [4.78, 5) is 24.2. The van der Waals surface area contributed by atoms with Crippen LogP contribution in [0.2, 0.25) is 5.02 Å². The topological polar surface area (TPSA) is 79.9 Å². The monoisotopic (exact) mass is 478 g/mol. The molecule has 0 radical (unpaired) electrons. The lowest BCUT2D eigenvalue weighted by atomic mass is 10.1. The normalized spacial score (nSPS) is 11.0. The molecule has 0 unspecified atom stereocenters. The number of anilines is 1. The quantitative estimate of drug-likeness (QED) is 0.421. The maximum absolute atomic E-state index is 12.7. The molecule has 3 aromatic heterocycles. The van der Waals surface area contributed by atoms with Crippen molar-refractivity contribution in [2.24, 2.45) is 0 Å². The number of benzene rings is 1. The summed E-state index contributed by atoms with van der Waals surface area (Å²) in [7, 11) is 1.51. The number of amides is 1. The van der Waals surface area contributed by atoms with E-state index in [1.165, 1.54) is 13.3 Å². The van der Waals surface area contributed by atoms with E-state index in [2.05, 4.69) is 42.9 Å². The Hall–Kier alpha value is -2.39. The molecule has 0 spiro atoms. The zero-order valence-corrected chi connectivity index (χ0v) is 16.4. The third kappa shape index (κ3) is 2.86. The van der Waals surface area contributed by atoms with Crippen LogP contribution in [-0.2, 0) is 0 Å². The first kappa shape index (κ1) is 17.0. The Balaban J connectivity index is 1.91. The molecule has 0 bridgehead atoms. The highest BCUT2D eigenvalue weighted by Gasteiger charge is 2.19. The van der Waals surface area contributed by atoms with E-state index < -0.39 is 0 Å². The molecule has 0 aliphatic carbocycles. The van der Waals surface area contributed by atoms with Gasteiger partial charge in [-0.1, -0.05) is 11.6 Å². The average molecular weight is 479 g/mol. The Morgan fingerprint density at radius 3 is 2.85 bits per heavy atom. The van der Waals surface area contributed by atoms with Gasteiger partial charge in [0, 0.05) is 32.9 Å². The second kappa shape index (κ2) is 6.73. The molecule has 0 aliphatic heterocycles. The van der Waals surface area contributed by atoms with Crippen LogP contribution in [0.3, 0.4) is 0 Å². The zero-order valence-electron chi connectivity index (χ0n) is 13.5. The average Bonchev–Trinajstić information content (AvgIpc) is 3.00. The number of aromatic nitrogens is 3. The molecule has 4 rings (SSSR count). The van der Waals surface area contributed by atoms with Crippen LogP contribution in [0.4, 0.5) is 5.69 Å². The molecule has 0 aliphatic rings. The van der Waals surface area contributed by atoms with Gasteiger partial charge in [0.2, 0.25) is 0 Å². The van der Waals surface area contributed by atoms with Crippen molar-refractivity contribution in [3.05, 3.63) is 57.1 Å². The standard InChI is InChI=1S/C18H12ClIN4O2/c1-26-17-13(19)5-12-11-2-3-21-8-14(11)23-15(12)16(17)24-18(25)9-4-10(20)7-22-6-9/h2-8,23H,1H3,(H,24,25). The molecule has 4 aromatic rings. The van der Waals surface area contributed by atoms with E-state index in [0.29, 0.717) is 22.0 Å². The molecular weight excluding hydrogens is 467 g/mol. The number of methoxy groups -OCH3 is 1. The van der Waals surface area contributed by atoms with Gasteiger partial charge in [-0.05, 0) is 40.8 Å². The lowest BCUT2D eigenvalue weighted by Crippen LogP contribution is -2.13. The van der Waals surface area contributed by atoms with Gasteiger partial charge < -0.3 is 15.0 Å². The summed E-state index contributed by atoms with van der Waals surface area (Å²) in [6, 6.07) is 5.47. The maximum atomic E-state index is 12.7. The number of carbonyl (C=O) groups excluding carboxylic acids is 1. The Kier molecular flexibility index (Phi) is 4.41. The Morgan fingerprint density at radius 1 is 1.23 bits per heavy atom. The van der Waals surface area contributed by atoms with Gasteiger partial charge in [0.25, 0.3) is 5.91 Å². The van der Waals surface area contributed by atoms with Crippen molar-refractivity contribution in [1.82, 2.24) is 15.0 Å². The first-order chi connectivity index (χ1) is 12.6. The number of nitrogens with zero attached hydrogens (tertiary/aromatic N) is 2. The van der Waals surface area contributed by atoms with Gasteiger partial charge in [0.05, 0.1) is 34.9 Å². The van der Waals surface area contributed by atoms with Crippen LogP contribution in [0, 0.1) is 3.57 Å². The summed E-state index contributed by atoms with van der Waals surface area (Å²) >= 11 is 8.51. The molecular formula is C18H12ClIN4O2. The first-order valence-electron chi connectivity index (χ1n) is 7.62. The summed E-state index contributed by atoms with van der Waals surface area (Å²) in [6.07, 6.45) is 6.63. The van der Waals surface area contributed by atoms with E-state index >= 15 is 0 Å². The van der Waals surface area contributed by atoms with Crippen molar-refractivity contribution in [1.29, 1.82) is 0 Å². The number of halogens is 2. The third-order valence-corrected chi connectivity index (χ3v) is 4.89. The molecule has 26 heavy (non-hydrogen) atoms. The van der Waals surface area contributed by atoms with Crippen molar-refractivity contribution in [3.63, 3.8) is 0 Å². The van der Waals surface area contributed by atoms with E-state index in [0.717, 1.165) is 25.4 Å². The van der Waals surface area contributed by atoms with Crippen molar-refractivity contribution in [2.45, 2.75) is 0 Å². The van der Waals surface area contributed by atoms with Crippen LogP contribution in [0.5, 0.6) is 5.75 Å². The maximum Gasteiger partial charge on any atom is 0.257 e. The van der Waals surface area contributed by atoms with Gasteiger partial charge in [-0.25, -0.2) is 0 Å². The smallest absolute Gasteiger partial charge is 0.257 e. The number of hydrogen-bond acceptors (Lipinski definition) is 4. The number of fused-ring (bicyclic) bond motifs is 3. The predicted molar refractivity (Wildman–Crippen MR) is 110 cm³/mol. The fraction of sp³-hybridized carbons (Fsp3) is 0.0556. The minimum atomic E-state index is -0.297. The van der Waals surface area contributed by atoms with Crippen molar-refractivity contribution >= 4 is 67.6 Å². The Labute approximate surface area is 167 Å². The van der Waals surface area contributed by atoms with E-state index in [-0.39, 0.29) is 5.91 Å². The Morgan fingerprint density at radius 2 is 2.08 bits per heavy atom. The Bertz CT molecular complexity index is 1160.